The number of benzene rings is 1. The summed E-state index contributed by atoms with van der Waals surface area (Å²) in [6, 6.07) is 13.2. The van der Waals surface area contributed by atoms with Crippen LogP contribution in [-0.4, -0.2) is 16.6 Å². The number of pyridine rings is 1. The van der Waals surface area contributed by atoms with Crippen LogP contribution in [-0.2, 0) is 4.79 Å². The predicted molar refractivity (Wildman–Crippen MR) is 79.3 cm³/mol. The van der Waals surface area contributed by atoms with E-state index in [0.29, 0.717) is 11.3 Å². The molecule has 0 bridgehead atoms. The van der Waals surface area contributed by atoms with Crippen molar-refractivity contribution in [3.05, 3.63) is 66.0 Å². The normalized spacial score (nSPS) is 16.6. The van der Waals surface area contributed by atoms with Gasteiger partial charge in [-0.2, -0.15) is 10.1 Å². The van der Waals surface area contributed by atoms with E-state index in [0.717, 1.165) is 11.3 Å². The molecule has 98 valence electrons. The Bertz CT molecular complexity index is 690. The molecule has 2 aromatic rings. The van der Waals surface area contributed by atoms with Crippen LogP contribution in [0.5, 0.6) is 0 Å². The first-order valence-corrected chi connectivity index (χ1v) is 6.32. The number of hydrazone groups is 1. The van der Waals surface area contributed by atoms with Gasteiger partial charge in [-0.3, -0.25) is 9.78 Å². The molecule has 0 saturated heterocycles. The smallest absolute Gasteiger partial charge is 0.267 e. The topological polar surface area (TPSA) is 45.6 Å². The number of anilines is 1. The first-order chi connectivity index (χ1) is 9.75. The number of para-hydroxylation sites is 1. The number of aromatic nitrogens is 1. The third-order valence-electron chi connectivity index (χ3n) is 3.06. The van der Waals surface area contributed by atoms with Gasteiger partial charge in [0.25, 0.3) is 5.91 Å². The third kappa shape index (κ3) is 2.23. The van der Waals surface area contributed by atoms with Crippen LogP contribution in [0.2, 0.25) is 0 Å². The fourth-order valence-corrected chi connectivity index (χ4v) is 2.06. The van der Waals surface area contributed by atoms with Crippen molar-refractivity contribution in [2.75, 3.05) is 5.01 Å². The van der Waals surface area contributed by atoms with Crippen molar-refractivity contribution < 1.29 is 4.79 Å². The molecule has 0 N–H and O–H groups in total. The Labute approximate surface area is 117 Å². The van der Waals surface area contributed by atoms with Crippen molar-refractivity contribution in [1.82, 2.24) is 4.98 Å². The highest BCUT2D eigenvalue weighted by molar-refractivity contribution is 6.32. The van der Waals surface area contributed by atoms with Gasteiger partial charge in [0.15, 0.2) is 0 Å². The maximum atomic E-state index is 12.4. The van der Waals surface area contributed by atoms with Crippen LogP contribution in [0.15, 0.2) is 65.5 Å². The molecule has 1 aromatic carbocycles. The lowest BCUT2D eigenvalue weighted by molar-refractivity contribution is -0.114. The lowest BCUT2D eigenvalue weighted by Crippen LogP contribution is -2.21. The Balaban J connectivity index is 1.96. The average molecular weight is 263 g/mol. The van der Waals surface area contributed by atoms with E-state index in [1.165, 1.54) is 5.01 Å². The predicted octanol–water partition coefficient (Wildman–Crippen LogP) is 2.89. The lowest BCUT2D eigenvalue weighted by atomic mass is 10.1. The van der Waals surface area contributed by atoms with Crippen LogP contribution < -0.4 is 5.01 Å². The van der Waals surface area contributed by atoms with Gasteiger partial charge < -0.3 is 0 Å². The number of hydrogen-bond donors (Lipinski definition) is 0. The number of nitrogens with zero attached hydrogens (tertiary/aromatic N) is 3. The molecule has 0 unspecified atom stereocenters. The van der Waals surface area contributed by atoms with Gasteiger partial charge in [0, 0.05) is 12.4 Å². The third-order valence-corrected chi connectivity index (χ3v) is 3.06. The van der Waals surface area contributed by atoms with Gasteiger partial charge in [-0.25, -0.2) is 0 Å². The van der Waals surface area contributed by atoms with E-state index in [2.05, 4.69) is 10.1 Å². The molecule has 0 spiro atoms. The highest BCUT2D eigenvalue weighted by Gasteiger charge is 2.28. The van der Waals surface area contributed by atoms with E-state index < -0.39 is 0 Å². The highest BCUT2D eigenvalue weighted by Crippen LogP contribution is 2.24. The number of amides is 1. The van der Waals surface area contributed by atoms with Gasteiger partial charge in [-0.1, -0.05) is 24.3 Å². The molecule has 3 rings (SSSR count). The zero-order valence-electron chi connectivity index (χ0n) is 11.0. The Kier molecular flexibility index (Phi) is 3.13. The number of hydrogen-bond acceptors (Lipinski definition) is 3. The maximum Gasteiger partial charge on any atom is 0.280 e. The van der Waals surface area contributed by atoms with Crippen molar-refractivity contribution in [1.29, 1.82) is 0 Å². The second kappa shape index (κ2) is 5.09. The molecule has 2 heterocycles. The van der Waals surface area contributed by atoms with E-state index in [-0.39, 0.29) is 5.91 Å². The minimum atomic E-state index is -0.113. The number of carbonyl (C=O) groups is 1. The van der Waals surface area contributed by atoms with Gasteiger partial charge in [-0.05, 0) is 36.8 Å². The Morgan fingerprint density at radius 2 is 1.90 bits per heavy atom. The fraction of sp³-hybridized carbons (Fsp3) is 0.0625. The Hall–Kier alpha value is -2.75. The minimum Gasteiger partial charge on any atom is -0.267 e. The molecule has 1 amide bonds. The van der Waals surface area contributed by atoms with E-state index in [4.69, 9.17) is 0 Å². The summed E-state index contributed by atoms with van der Waals surface area (Å²) >= 11 is 0. The van der Waals surface area contributed by atoms with E-state index >= 15 is 0 Å². The van der Waals surface area contributed by atoms with Crippen LogP contribution in [0.25, 0.3) is 6.08 Å². The largest absolute Gasteiger partial charge is 0.280 e. The van der Waals surface area contributed by atoms with Gasteiger partial charge >= 0.3 is 0 Å². The molecule has 0 radical (unpaired) electrons. The van der Waals surface area contributed by atoms with Gasteiger partial charge in [0.05, 0.1) is 17.0 Å². The second-order valence-corrected chi connectivity index (χ2v) is 4.48. The summed E-state index contributed by atoms with van der Waals surface area (Å²) in [5, 5.41) is 5.76. The average Bonchev–Trinajstić information content (AvgIpc) is 2.77. The standard InChI is InChI=1S/C16H13N3O/c1-12-15(10-13-6-5-9-17-11-13)16(20)19(18-12)14-7-3-2-4-8-14/h2-11H,1H3/b15-10-. The molecule has 0 fully saturated rings. The molecule has 1 aliphatic heterocycles. The molecule has 1 aliphatic rings. The Morgan fingerprint density at radius 3 is 2.60 bits per heavy atom. The lowest BCUT2D eigenvalue weighted by Gasteiger charge is -2.10. The second-order valence-electron chi connectivity index (χ2n) is 4.48. The van der Waals surface area contributed by atoms with Crippen molar-refractivity contribution in [2.45, 2.75) is 6.92 Å². The van der Waals surface area contributed by atoms with Crippen molar-refractivity contribution in [3.63, 3.8) is 0 Å². The zero-order valence-corrected chi connectivity index (χ0v) is 11.0. The molecule has 4 nitrogen and oxygen atoms in total. The van der Waals surface area contributed by atoms with Crippen LogP contribution in [0.3, 0.4) is 0 Å². The van der Waals surface area contributed by atoms with Crippen LogP contribution in [0.4, 0.5) is 5.69 Å². The summed E-state index contributed by atoms with van der Waals surface area (Å²) in [6.07, 6.45) is 5.24. The fourth-order valence-electron chi connectivity index (χ4n) is 2.06. The minimum absolute atomic E-state index is 0.113. The van der Waals surface area contributed by atoms with Gasteiger partial charge in [0.2, 0.25) is 0 Å². The van der Waals surface area contributed by atoms with E-state index in [1.807, 2.05) is 55.5 Å². The maximum absolute atomic E-state index is 12.4. The monoisotopic (exact) mass is 263 g/mol. The molecule has 1 aromatic heterocycles. The van der Waals surface area contributed by atoms with Crippen molar-refractivity contribution in [3.8, 4) is 0 Å². The molecule has 20 heavy (non-hydrogen) atoms. The van der Waals surface area contributed by atoms with Gasteiger partial charge in [-0.15, -0.1) is 0 Å². The summed E-state index contributed by atoms with van der Waals surface area (Å²) in [6.45, 7) is 1.84. The summed E-state index contributed by atoms with van der Waals surface area (Å²) in [4.78, 5) is 16.5. The van der Waals surface area contributed by atoms with Crippen molar-refractivity contribution in [2.24, 2.45) is 5.10 Å². The summed E-state index contributed by atoms with van der Waals surface area (Å²) in [5.41, 5.74) is 2.97. The molecular formula is C16H13N3O. The van der Waals surface area contributed by atoms with E-state index in [1.54, 1.807) is 12.4 Å². The molecular weight excluding hydrogens is 250 g/mol. The Morgan fingerprint density at radius 1 is 1.10 bits per heavy atom. The molecule has 0 saturated carbocycles. The van der Waals surface area contributed by atoms with E-state index in [9.17, 15) is 4.79 Å². The SMILES string of the molecule is CC1=NN(c2ccccc2)C(=O)/C1=C\c1cccnc1. The first kappa shape index (κ1) is 12.3. The molecule has 0 atom stereocenters. The molecule has 0 aliphatic carbocycles. The summed E-state index contributed by atoms with van der Waals surface area (Å²) in [5.74, 6) is -0.113. The number of carbonyl (C=O) groups excluding carboxylic acids is 1. The van der Waals surface area contributed by atoms with Gasteiger partial charge in [0.1, 0.15) is 0 Å². The quantitative estimate of drug-likeness (QED) is 0.782. The number of rotatable bonds is 2. The van der Waals surface area contributed by atoms with Crippen LogP contribution in [0, 0.1) is 0 Å². The zero-order chi connectivity index (χ0) is 13.9. The summed E-state index contributed by atoms with van der Waals surface area (Å²) < 4.78 is 0. The highest BCUT2D eigenvalue weighted by atomic mass is 16.2. The summed E-state index contributed by atoms with van der Waals surface area (Å²) in [7, 11) is 0. The molecule has 4 heteroatoms. The van der Waals surface area contributed by atoms with Crippen molar-refractivity contribution >= 4 is 23.4 Å². The van der Waals surface area contributed by atoms with Crippen LogP contribution in [0.1, 0.15) is 12.5 Å². The van der Waals surface area contributed by atoms with Crippen LogP contribution >= 0.6 is 0 Å². The first-order valence-electron chi connectivity index (χ1n) is 6.32.